The van der Waals surface area contributed by atoms with E-state index in [0.717, 1.165) is 51.4 Å². The number of aliphatic hydroxyl groups excluding tert-OH is 1. The van der Waals surface area contributed by atoms with Gasteiger partial charge in [0, 0.05) is 6.42 Å². The zero-order chi connectivity index (χ0) is 47.1. The van der Waals surface area contributed by atoms with Gasteiger partial charge in [-0.05, 0) is 70.6 Å². The van der Waals surface area contributed by atoms with E-state index < -0.39 is 26.6 Å². The molecular formula is C55H103N2O6P. The van der Waals surface area contributed by atoms with Crippen LogP contribution in [0.25, 0.3) is 0 Å². The Hall–Kier alpha value is -1.80. The Kier molecular flexibility index (Phi) is 45.0. The molecule has 0 aromatic rings. The number of carbonyl (C=O) groups is 1. The summed E-state index contributed by atoms with van der Waals surface area (Å²) >= 11 is 0. The summed E-state index contributed by atoms with van der Waals surface area (Å²) < 4.78 is 23.3. The molecule has 0 aliphatic rings. The highest BCUT2D eigenvalue weighted by Gasteiger charge is 2.23. The van der Waals surface area contributed by atoms with Crippen molar-refractivity contribution in [2.24, 2.45) is 0 Å². The molecule has 0 aliphatic carbocycles. The lowest BCUT2D eigenvalue weighted by Gasteiger charge is -2.29. The lowest BCUT2D eigenvalue weighted by molar-refractivity contribution is -0.870. The number of quaternary nitrogens is 1. The van der Waals surface area contributed by atoms with Gasteiger partial charge in [-0.1, -0.05) is 216 Å². The third-order valence-corrected chi connectivity index (χ3v) is 12.7. The fraction of sp³-hybridized carbons (Fsp3) is 0.800. The van der Waals surface area contributed by atoms with Gasteiger partial charge in [0.05, 0.1) is 39.9 Å². The Bertz CT molecular complexity index is 1230. The topological polar surface area (TPSA) is 108 Å². The summed E-state index contributed by atoms with van der Waals surface area (Å²) in [7, 11) is 1.24. The van der Waals surface area contributed by atoms with Crippen molar-refractivity contribution in [2.45, 2.75) is 244 Å². The molecule has 64 heavy (non-hydrogen) atoms. The van der Waals surface area contributed by atoms with E-state index in [-0.39, 0.29) is 12.5 Å². The number of hydrogen-bond acceptors (Lipinski definition) is 6. The first-order chi connectivity index (χ1) is 31.0. The minimum absolute atomic E-state index is 0.00832. The number of aliphatic hydroxyl groups is 1. The fourth-order valence-corrected chi connectivity index (χ4v) is 8.19. The van der Waals surface area contributed by atoms with E-state index in [2.05, 4.69) is 67.8 Å². The molecule has 0 aliphatic heterocycles. The van der Waals surface area contributed by atoms with Gasteiger partial charge in [-0.15, -0.1) is 0 Å². The molecule has 0 bridgehead atoms. The molecule has 0 saturated heterocycles. The van der Waals surface area contributed by atoms with Crippen molar-refractivity contribution in [2.75, 3.05) is 40.9 Å². The number of phosphoric acid groups is 1. The van der Waals surface area contributed by atoms with Gasteiger partial charge < -0.3 is 28.8 Å². The molecule has 0 heterocycles. The maximum absolute atomic E-state index is 12.9. The van der Waals surface area contributed by atoms with Crippen LogP contribution in [-0.2, 0) is 18.4 Å². The van der Waals surface area contributed by atoms with Crippen molar-refractivity contribution in [3.05, 3.63) is 60.8 Å². The van der Waals surface area contributed by atoms with Crippen molar-refractivity contribution in [3.8, 4) is 0 Å². The number of likely N-dealkylation sites (N-methyl/N-ethyl adjacent to an activating group) is 1. The molecule has 1 amide bonds. The van der Waals surface area contributed by atoms with Crippen LogP contribution < -0.4 is 10.2 Å². The average molecular weight is 919 g/mol. The smallest absolute Gasteiger partial charge is 0.268 e. The highest BCUT2D eigenvalue weighted by atomic mass is 31.2. The van der Waals surface area contributed by atoms with Crippen LogP contribution in [0.2, 0.25) is 0 Å². The van der Waals surface area contributed by atoms with Crippen LogP contribution in [0.4, 0.5) is 0 Å². The van der Waals surface area contributed by atoms with Crippen LogP contribution in [0.5, 0.6) is 0 Å². The summed E-state index contributed by atoms with van der Waals surface area (Å²) in [6.07, 6.45) is 61.4. The molecule has 3 atom stereocenters. The summed E-state index contributed by atoms with van der Waals surface area (Å²) in [5.41, 5.74) is 0. The summed E-state index contributed by atoms with van der Waals surface area (Å²) in [5, 5.41) is 13.8. The molecule has 2 N–H and O–H groups in total. The Labute approximate surface area is 396 Å². The number of nitrogens with one attached hydrogen (secondary N) is 1. The second-order valence-corrected chi connectivity index (χ2v) is 20.6. The second kappa shape index (κ2) is 46.3. The SMILES string of the molecule is CCCCCCC/C=C\C/C=C\C/C=C\CCCCCCCCCCCCCCC(=O)NC(COP(=O)([O-])OCC[N+](C)(C)C)C(O)/C=C/CC/C=C/CCCCCCCCCCC. The van der Waals surface area contributed by atoms with Gasteiger partial charge in [-0.25, -0.2) is 0 Å². The van der Waals surface area contributed by atoms with Gasteiger partial charge in [-0.2, -0.15) is 0 Å². The van der Waals surface area contributed by atoms with Gasteiger partial charge in [0.1, 0.15) is 13.2 Å². The zero-order valence-electron chi connectivity index (χ0n) is 42.5. The molecular weight excluding hydrogens is 816 g/mol. The third kappa shape index (κ3) is 48.1. The molecule has 0 aromatic heterocycles. The molecule has 0 saturated carbocycles. The number of unbranched alkanes of at least 4 members (excludes halogenated alkanes) is 27. The third-order valence-electron chi connectivity index (χ3n) is 11.7. The van der Waals surface area contributed by atoms with Crippen LogP contribution in [-0.4, -0.2) is 68.5 Å². The van der Waals surface area contributed by atoms with Crippen LogP contribution >= 0.6 is 7.82 Å². The lowest BCUT2D eigenvalue weighted by atomic mass is 10.0. The van der Waals surface area contributed by atoms with Crippen molar-refractivity contribution in [1.29, 1.82) is 0 Å². The van der Waals surface area contributed by atoms with Gasteiger partial charge in [0.15, 0.2) is 0 Å². The largest absolute Gasteiger partial charge is 0.756 e. The van der Waals surface area contributed by atoms with Crippen LogP contribution in [0.1, 0.15) is 232 Å². The van der Waals surface area contributed by atoms with E-state index in [1.165, 1.54) is 161 Å². The van der Waals surface area contributed by atoms with Gasteiger partial charge >= 0.3 is 0 Å². The number of rotatable bonds is 48. The molecule has 0 aromatic carbocycles. The lowest BCUT2D eigenvalue weighted by Crippen LogP contribution is -2.45. The zero-order valence-corrected chi connectivity index (χ0v) is 43.4. The van der Waals surface area contributed by atoms with E-state index in [1.807, 2.05) is 27.2 Å². The molecule has 3 unspecified atom stereocenters. The molecule has 0 rings (SSSR count). The molecule has 0 spiro atoms. The van der Waals surface area contributed by atoms with Crippen molar-refractivity contribution >= 4 is 13.7 Å². The van der Waals surface area contributed by atoms with Gasteiger partial charge in [-0.3, -0.25) is 9.36 Å². The molecule has 9 heteroatoms. The average Bonchev–Trinajstić information content (AvgIpc) is 3.25. The fourth-order valence-electron chi connectivity index (χ4n) is 7.47. The van der Waals surface area contributed by atoms with Gasteiger partial charge in [0.2, 0.25) is 5.91 Å². The maximum atomic E-state index is 12.9. The van der Waals surface area contributed by atoms with Crippen molar-refractivity contribution in [3.63, 3.8) is 0 Å². The van der Waals surface area contributed by atoms with Crippen molar-refractivity contribution in [1.82, 2.24) is 5.32 Å². The predicted molar refractivity (Wildman–Crippen MR) is 274 cm³/mol. The van der Waals surface area contributed by atoms with Crippen LogP contribution in [0.3, 0.4) is 0 Å². The van der Waals surface area contributed by atoms with Crippen molar-refractivity contribution < 1.29 is 32.9 Å². The standard InChI is InChI=1S/C55H103N2O6P/c1-6-8-10-12-14-16-18-20-22-23-24-25-26-27-28-29-30-31-32-33-35-37-39-41-43-45-47-49-55(59)56-53(52-63-64(60,61)62-51-50-57(3,4)5)54(58)48-46-44-42-40-38-36-34-21-19-17-15-13-11-9-7-2/h18,20,23-24,26-27,38,40,46,48,53-54,58H,6-17,19,21-22,25,28-37,39,41-45,47,49-52H2,1-5H3,(H-,56,59,60,61)/b20-18-,24-23-,27-26-,40-38+,48-46+. The number of amides is 1. The van der Waals surface area contributed by atoms with Gasteiger partial charge in [0.25, 0.3) is 7.82 Å². The molecule has 0 fully saturated rings. The minimum atomic E-state index is -4.60. The number of carbonyl (C=O) groups excluding carboxylic acids is 1. The highest BCUT2D eigenvalue weighted by molar-refractivity contribution is 7.45. The summed E-state index contributed by atoms with van der Waals surface area (Å²) in [6.45, 7) is 4.61. The van der Waals surface area contributed by atoms with E-state index in [9.17, 15) is 19.4 Å². The monoisotopic (exact) mass is 919 g/mol. The number of allylic oxidation sites excluding steroid dienone is 9. The Morgan fingerprint density at radius 3 is 1.38 bits per heavy atom. The second-order valence-electron chi connectivity index (χ2n) is 19.2. The molecule has 0 radical (unpaired) electrons. The molecule has 374 valence electrons. The first kappa shape index (κ1) is 62.2. The van der Waals surface area contributed by atoms with E-state index in [0.29, 0.717) is 17.4 Å². The molecule has 8 nitrogen and oxygen atoms in total. The van der Waals surface area contributed by atoms with Crippen LogP contribution in [0, 0.1) is 0 Å². The van der Waals surface area contributed by atoms with E-state index in [1.54, 1.807) is 6.08 Å². The first-order valence-electron chi connectivity index (χ1n) is 26.7. The normalized spacial score (nSPS) is 14.5. The summed E-state index contributed by atoms with van der Waals surface area (Å²) in [4.78, 5) is 25.4. The van der Waals surface area contributed by atoms with Crippen LogP contribution in [0.15, 0.2) is 60.8 Å². The summed E-state index contributed by atoms with van der Waals surface area (Å²) in [6, 6.07) is -0.906. The summed E-state index contributed by atoms with van der Waals surface area (Å²) in [5.74, 6) is -0.210. The maximum Gasteiger partial charge on any atom is 0.268 e. The Morgan fingerprint density at radius 2 is 0.922 bits per heavy atom. The van der Waals surface area contributed by atoms with E-state index in [4.69, 9.17) is 9.05 Å². The number of phosphoric ester groups is 1. The Morgan fingerprint density at radius 1 is 0.547 bits per heavy atom. The predicted octanol–water partition coefficient (Wildman–Crippen LogP) is 15.1. The quantitative estimate of drug-likeness (QED) is 0.0272. The number of nitrogens with zero attached hydrogens (tertiary/aromatic N) is 1. The first-order valence-corrected chi connectivity index (χ1v) is 28.1. The van der Waals surface area contributed by atoms with E-state index >= 15 is 0 Å². The highest BCUT2D eigenvalue weighted by Crippen LogP contribution is 2.38. The Balaban J connectivity index is 4.24. The minimum Gasteiger partial charge on any atom is -0.756 e. The number of hydrogen-bond donors (Lipinski definition) is 2.